The normalized spacial score (nSPS) is 20.5. The molecule has 0 radical (unpaired) electrons. The monoisotopic (exact) mass is 469 g/mol. The minimum absolute atomic E-state index is 0.00921. The first-order chi connectivity index (χ1) is 15.8. The third kappa shape index (κ3) is 6.62. The molecule has 33 heavy (non-hydrogen) atoms. The lowest BCUT2D eigenvalue weighted by molar-refractivity contribution is -0.124. The number of carbonyl (C=O) groups is 2. The predicted molar refractivity (Wildman–Crippen MR) is 119 cm³/mol. The second-order valence-corrected chi connectivity index (χ2v) is 8.95. The van der Waals surface area contributed by atoms with Crippen LogP contribution in [0.15, 0.2) is 0 Å². The van der Waals surface area contributed by atoms with Crippen LogP contribution in [0.1, 0.15) is 44.9 Å². The Hall–Kier alpha value is -2.76. The number of hydrazine groups is 1. The third-order valence-corrected chi connectivity index (χ3v) is 6.37. The number of halogens is 2. The van der Waals surface area contributed by atoms with Crippen molar-refractivity contribution in [3.63, 3.8) is 0 Å². The summed E-state index contributed by atoms with van der Waals surface area (Å²) in [6.07, 6.45) is 3.49. The Kier molecular flexibility index (Phi) is 8.59. The number of hydrogen-bond acceptors (Lipinski definition) is 7. The van der Waals surface area contributed by atoms with E-state index in [1.165, 1.54) is 0 Å². The van der Waals surface area contributed by atoms with Gasteiger partial charge in [0.25, 0.3) is 0 Å². The fourth-order valence-corrected chi connectivity index (χ4v) is 4.63. The van der Waals surface area contributed by atoms with Gasteiger partial charge in [0.15, 0.2) is 17.5 Å². The van der Waals surface area contributed by atoms with E-state index in [0.29, 0.717) is 32.0 Å². The number of likely N-dealkylation sites (N-methyl/N-ethyl adjacent to an activating group) is 1. The maximum absolute atomic E-state index is 15.3. The fraction of sp³-hybridized carbons (Fsp3) is 0.714. The molecule has 2 amide bonds. The first-order valence-electron chi connectivity index (χ1n) is 11.4. The lowest BCUT2D eigenvalue weighted by Crippen LogP contribution is -2.51. The Bertz CT molecular complexity index is 838. The van der Waals surface area contributed by atoms with Crippen molar-refractivity contribution >= 4 is 23.6 Å². The number of piperazine rings is 1. The molecule has 1 aliphatic carbocycles. The van der Waals surface area contributed by atoms with E-state index in [1.807, 2.05) is 14.0 Å². The molecule has 0 spiro atoms. The van der Waals surface area contributed by atoms with Crippen molar-refractivity contribution in [1.82, 2.24) is 25.6 Å². The van der Waals surface area contributed by atoms with Gasteiger partial charge in [-0.2, -0.15) is 4.39 Å². The van der Waals surface area contributed by atoms with Crippen LogP contribution >= 0.6 is 0 Å². The summed E-state index contributed by atoms with van der Waals surface area (Å²) in [7, 11) is 1.97. The van der Waals surface area contributed by atoms with Gasteiger partial charge >= 0.3 is 6.09 Å². The number of rotatable bonds is 9. The zero-order chi connectivity index (χ0) is 24.0. The van der Waals surface area contributed by atoms with Crippen molar-refractivity contribution in [3.8, 4) is 0 Å². The molecule has 0 aromatic carbocycles. The summed E-state index contributed by atoms with van der Waals surface area (Å²) in [6, 6.07) is -0.0408. The van der Waals surface area contributed by atoms with Gasteiger partial charge < -0.3 is 20.2 Å². The summed E-state index contributed by atoms with van der Waals surface area (Å²) in [6.45, 7) is 2.83. The van der Waals surface area contributed by atoms with Crippen LogP contribution in [0.2, 0.25) is 0 Å². The molecular formula is C21H33F2N7O3. The van der Waals surface area contributed by atoms with E-state index in [2.05, 4.69) is 31.0 Å². The molecule has 0 bridgehead atoms. The lowest BCUT2D eigenvalue weighted by Gasteiger charge is -2.39. The summed E-state index contributed by atoms with van der Waals surface area (Å²) in [4.78, 5) is 35.5. The highest BCUT2D eigenvalue weighted by Gasteiger charge is 2.29. The summed E-state index contributed by atoms with van der Waals surface area (Å²) in [5, 5.41) is 11.2. The molecular weight excluding hydrogens is 436 g/mol. The zero-order valence-corrected chi connectivity index (χ0v) is 19.1. The highest BCUT2D eigenvalue weighted by Crippen LogP contribution is 2.30. The second-order valence-electron chi connectivity index (χ2n) is 8.95. The molecule has 2 fully saturated rings. The number of nitrogens with one attached hydrogen (secondary N) is 3. The van der Waals surface area contributed by atoms with Gasteiger partial charge in [-0.1, -0.05) is 25.7 Å². The van der Waals surface area contributed by atoms with Gasteiger partial charge in [0.1, 0.15) is 6.67 Å². The highest BCUT2D eigenvalue weighted by molar-refractivity contribution is 5.80. The Morgan fingerprint density at radius 2 is 1.97 bits per heavy atom. The van der Waals surface area contributed by atoms with Crippen molar-refractivity contribution in [2.45, 2.75) is 51.7 Å². The molecule has 3 rings (SSSR count). The van der Waals surface area contributed by atoms with Gasteiger partial charge in [-0.3, -0.25) is 15.6 Å². The number of amides is 2. The smallest absolute Gasteiger partial charge is 0.404 e. The zero-order valence-electron chi connectivity index (χ0n) is 19.1. The van der Waals surface area contributed by atoms with Gasteiger partial charge in [-0.25, -0.2) is 19.2 Å². The molecule has 1 aliphatic heterocycles. The van der Waals surface area contributed by atoms with E-state index >= 15 is 4.39 Å². The van der Waals surface area contributed by atoms with E-state index < -0.39 is 30.4 Å². The first kappa shape index (κ1) is 24.9. The lowest BCUT2D eigenvalue weighted by atomic mass is 9.92. The molecule has 12 heteroatoms. The number of nitrogens with zero attached hydrogens (tertiary/aromatic N) is 4. The van der Waals surface area contributed by atoms with Crippen LogP contribution in [0.3, 0.4) is 0 Å². The highest BCUT2D eigenvalue weighted by atomic mass is 19.1. The van der Waals surface area contributed by atoms with Crippen LogP contribution in [0.5, 0.6) is 0 Å². The number of anilines is 2. The third-order valence-electron chi connectivity index (χ3n) is 6.37. The van der Waals surface area contributed by atoms with Crippen molar-refractivity contribution in [2.24, 2.45) is 11.8 Å². The van der Waals surface area contributed by atoms with Crippen molar-refractivity contribution in [3.05, 3.63) is 11.6 Å². The van der Waals surface area contributed by atoms with E-state index in [4.69, 9.17) is 5.11 Å². The molecule has 1 saturated heterocycles. The number of alkyl halides is 1. The standard InChI is InChI=1S/C21H33F2N7O3/c1-13-12-29(2)7-8-30(13)19-17(23)18(25-16(10-22)26-19)27-28-20(31)15(11-24-21(32)33)9-14-5-3-4-6-14/h13-15,24H,3-12H2,1-2H3,(H,28,31)(H,32,33)(H,25,26,27)/t13-,15+/m0/s1. The van der Waals surface area contributed by atoms with Crippen molar-refractivity contribution in [2.75, 3.05) is 43.6 Å². The SMILES string of the molecule is C[C@H]1CN(C)CCN1c1nc(CF)nc(NNC(=O)[C@@H](CNC(=O)O)CC2CCCC2)c1F. The molecule has 4 N–H and O–H groups in total. The first-order valence-corrected chi connectivity index (χ1v) is 11.4. The van der Waals surface area contributed by atoms with Gasteiger partial charge in [0.05, 0.1) is 5.92 Å². The van der Waals surface area contributed by atoms with Gasteiger partial charge in [-0.15, -0.1) is 0 Å². The number of hydrogen-bond donors (Lipinski definition) is 4. The fourth-order valence-electron chi connectivity index (χ4n) is 4.63. The largest absolute Gasteiger partial charge is 0.465 e. The van der Waals surface area contributed by atoms with Crippen LogP contribution in [-0.4, -0.2) is 71.2 Å². The maximum Gasteiger partial charge on any atom is 0.404 e. The predicted octanol–water partition coefficient (Wildman–Crippen LogP) is 2.13. The van der Waals surface area contributed by atoms with Crippen molar-refractivity contribution < 1.29 is 23.5 Å². The van der Waals surface area contributed by atoms with Gasteiger partial charge in [-0.05, 0) is 26.3 Å². The quantitative estimate of drug-likeness (QED) is 0.406. The minimum Gasteiger partial charge on any atom is -0.465 e. The average Bonchev–Trinajstić information content (AvgIpc) is 3.29. The van der Waals surface area contributed by atoms with Crippen LogP contribution < -0.4 is 21.1 Å². The van der Waals surface area contributed by atoms with E-state index in [1.54, 1.807) is 4.90 Å². The maximum atomic E-state index is 15.3. The Balaban J connectivity index is 1.72. The van der Waals surface area contributed by atoms with E-state index in [-0.39, 0.29) is 30.0 Å². The van der Waals surface area contributed by atoms with Gasteiger partial charge in [0.2, 0.25) is 11.7 Å². The Morgan fingerprint density at radius 1 is 1.24 bits per heavy atom. The Labute approximate surface area is 192 Å². The van der Waals surface area contributed by atoms with Crippen LogP contribution in [0, 0.1) is 17.7 Å². The summed E-state index contributed by atoms with van der Waals surface area (Å²) in [5.74, 6) is -2.06. The van der Waals surface area contributed by atoms with E-state index in [0.717, 1.165) is 25.7 Å². The number of aromatic nitrogens is 2. The molecule has 1 aromatic heterocycles. The summed E-state index contributed by atoms with van der Waals surface area (Å²) in [5.41, 5.74) is 4.91. The molecule has 1 aromatic rings. The molecule has 2 aliphatic rings. The average molecular weight is 470 g/mol. The van der Waals surface area contributed by atoms with Crippen LogP contribution in [-0.2, 0) is 11.5 Å². The van der Waals surface area contributed by atoms with E-state index in [9.17, 15) is 14.0 Å². The molecule has 0 unspecified atom stereocenters. The van der Waals surface area contributed by atoms with Crippen molar-refractivity contribution in [1.29, 1.82) is 0 Å². The number of carbonyl (C=O) groups excluding carboxylic acids is 1. The second kappa shape index (κ2) is 11.4. The van der Waals surface area contributed by atoms with Gasteiger partial charge in [0, 0.05) is 32.2 Å². The van der Waals surface area contributed by atoms with Crippen LogP contribution in [0.4, 0.5) is 25.2 Å². The molecule has 1 saturated carbocycles. The number of carboxylic acid groups (broad SMARTS) is 1. The summed E-state index contributed by atoms with van der Waals surface area (Å²) >= 11 is 0. The topological polar surface area (TPSA) is 123 Å². The molecule has 2 atom stereocenters. The minimum atomic E-state index is -1.22. The molecule has 10 nitrogen and oxygen atoms in total. The molecule has 2 heterocycles. The summed E-state index contributed by atoms with van der Waals surface area (Å²) < 4.78 is 28.7. The van der Waals surface area contributed by atoms with Crippen LogP contribution in [0.25, 0.3) is 0 Å². The Morgan fingerprint density at radius 3 is 2.61 bits per heavy atom. The molecule has 184 valence electrons.